The summed E-state index contributed by atoms with van der Waals surface area (Å²) < 4.78 is 0. The fourth-order valence-electron chi connectivity index (χ4n) is 2.11. The van der Waals surface area contributed by atoms with Gasteiger partial charge in [0.05, 0.1) is 6.42 Å². The Balaban J connectivity index is 4.58. The largest absolute Gasteiger partial charge is 0.481 e. The van der Waals surface area contributed by atoms with Crippen molar-refractivity contribution in [3.05, 3.63) is 0 Å². The van der Waals surface area contributed by atoms with Gasteiger partial charge in [0.2, 0.25) is 0 Å². The first-order chi connectivity index (χ1) is 6.16. The summed E-state index contributed by atoms with van der Waals surface area (Å²) in [7, 11) is 3.86. The fourth-order valence-corrected chi connectivity index (χ4v) is 2.11. The molecule has 0 rings (SSSR count). The molecule has 0 radical (unpaired) electrons. The summed E-state index contributed by atoms with van der Waals surface area (Å²) in [5.74, 6) is -0.839. The molecule has 0 aromatic carbocycles. The molecule has 0 spiro atoms. The number of hydrogen-bond donors (Lipinski definition) is 2. The molecule has 2 unspecified atom stereocenters. The predicted molar refractivity (Wildman–Crippen MR) is 57.2 cm³/mol. The first kappa shape index (κ1) is 13.4. The second-order valence-corrected chi connectivity index (χ2v) is 5.04. The molecule has 0 saturated heterocycles. The maximum atomic E-state index is 10.6. The van der Waals surface area contributed by atoms with E-state index in [0.29, 0.717) is 0 Å². The average molecular weight is 202 g/mol. The van der Waals surface area contributed by atoms with Crippen molar-refractivity contribution in [1.82, 2.24) is 4.90 Å². The van der Waals surface area contributed by atoms with Crippen molar-refractivity contribution in [3.63, 3.8) is 0 Å². The summed E-state index contributed by atoms with van der Waals surface area (Å²) in [6.07, 6.45) is 0.0140. The summed E-state index contributed by atoms with van der Waals surface area (Å²) >= 11 is 0. The van der Waals surface area contributed by atoms with Crippen LogP contribution >= 0.6 is 0 Å². The highest BCUT2D eigenvalue weighted by Gasteiger charge is 2.32. The third-order valence-corrected chi connectivity index (χ3v) is 2.26. The smallest absolute Gasteiger partial charge is 0.304 e. The first-order valence-electron chi connectivity index (χ1n) is 4.80. The summed E-state index contributed by atoms with van der Waals surface area (Å²) in [5, 5.41) is 8.68. The quantitative estimate of drug-likeness (QED) is 0.706. The average Bonchev–Trinajstić information content (AvgIpc) is 1.78. The molecule has 0 fully saturated rings. The van der Waals surface area contributed by atoms with Crippen molar-refractivity contribution in [1.29, 1.82) is 0 Å². The Morgan fingerprint density at radius 2 is 1.86 bits per heavy atom. The van der Waals surface area contributed by atoms with Gasteiger partial charge in [-0.2, -0.15) is 0 Å². The van der Waals surface area contributed by atoms with Gasteiger partial charge in [-0.3, -0.25) is 4.79 Å². The highest BCUT2D eigenvalue weighted by atomic mass is 16.4. The van der Waals surface area contributed by atoms with Gasteiger partial charge in [0.25, 0.3) is 0 Å². The van der Waals surface area contributed by atoms with Gasteiger partial charge in [0.15, 0.2) is 0 Å². The van der Waals surface area contributed by atoms with E-state index in [1.807, 2.05) is 19.0 Å². The van der Waals surface area contributed by atoms with Crippen LogP contribution in [0.5, 0.6) is 0 Å². The van der Waals surface area contributed by atoms with E-state index in [9.17, 15) is 4.79 Å². The molecule has 3 N–H and O–H groups in total. The number of carbonyl (C=O) groups is 1. The molecule has 0 aromatic heterocycles. The van der Waals surface area contributed by atoms with E-state index in [-0.39, 0.29) is 23.9 Å². The lowest BCUT2D eigenvalue weighted by Gasteiger charge is -2.39. The summed E-state index contributed by atoms with van der Waals surface area (Å²) in [5.41, 5.74) is 5.87. The lowest BCUT2D eigenvalue weighted by molar-refractivity contribution is -0.137. The van der Waals surface area contributed by atoms with E-state index in [1.165, 1.54) is 0 Å². The van der Waals surface area contributed by atoms with Gasteiger partial charge in [-0.25, -0.2) is 0 Å². The van der Waals surface area contributed by atoms with Gasteiger partial charge in [-0.1, -0.05) is 20.8 Å². The molecular formula is C10H22N2O2. The third-order valence-electron chi connectivity index (χ3n) is 2.26. The van der Waals surface area contributed by atoms with Crippen LogP contribution in [-0.4, -0.2) is 42.2 Å². The molecular weight excluding hydrogens is 180 g/mol. The molecule has 0 saturated carbocycles. The second-order valence-electron chi connectivity index (χ2n) is 5.04. The van der Waals surface area contributed by atoms with E-state index in [0.717, 1.165) is 0 Å². The zero-order valence-corrected chi connectivity index (χ0v) is 9.74. The van der Waals surface area contributed by atoms with Crippen molar-refractivity contribution in [2.45, 2.75) is 39.3 Å². The van der Waals surface area contributed by atoms with Crippen LogP contribution in [0.1, 0.15) is 27.2 Å². The van der Waals surface area contributed by atoms with Crippen molar-refractivity contribution in [2.24, 2.45) is 11.1 Å². The summed E-state index contributed by atoms with van der Waals surface area (Å²) in [4.78, 5) is 12.6. The topological polar surface area (TPSA) is 66.6 Å². The summed E-state index contributed by atoms with van der Waals surface area (Å²) in [6.45, 7) is 6.21. The molecule has 2 atom stereocenters. The number of hydrogen-bond acceptors (Lipinski definition) is 3. The minimum absolute atomic E-state index is 0.0140. The number of likely N-dealkylation sites (N-methyl/N-ethyl adjacent to an activating group) is 1. The lowest BCUT2D eigenvalue weighted by atomic mass is 9.81. The van der Waals surface area contributed by atoms with E-state index >= 15 is 0 Å². The van der Waals surface area contributed by atoms with Gasteiger partial charge >= 0.3 is 5.97 Å². The SMILES string of the molecule is CN(C)C(C(N)CC(=O)O)C(C)(C)C. The number of nitrogens with two attached hydrogens (primary N) is 1. The van der Waals surface area contributed by atoms with Crippen LogP contribution in [0, 0.1) is 5.41 Å². The van der Waals surface area contributed by atoms with Crippen molar-refractivity contribution in [3.8, 4) is 0 Å². The maximum absolute atomic E-state index is 10.6. The van der Waals surface area contributed by atoms with Gasteiger partial charge in [0.1, 0.15) is 0 Å². The van der Waals surface area contributed by atoms with Crippen LogP contribution in [0.3, 0.4) is 0 Å². The van der Waals surface area contributed by atoms with Crippen LogP contribution in [0.15, 0.2) is 0 Å². The Kier molecular flexibility index (Phi) is 4.55. The number of rotatable bonds is 4. The molecule has 0 aliphatic rings. The normalized spacial score (nSPS) is 16.8. The van der Waals surface area contributed by atoms with Crippen molar-refractivity contribution >= 4 is 5.97 Å². The van der Waals surface area contributed by atoms with Crippen LogP contribution in [-0.2, 0) is 4.79 Å². The minimum Gasteiger partial charge on any atom is -0.481 e. The summed E-state index contributed by atoms with van der Waals surface area (Å²) in [6, 6.07) is -0.263. The molecule has 14 heavy (non-hydrogen) atoms. The Hall–Kier alpha value is -0.610. The Bertz CT molecular complexity index is 197. The minimum atomic E-state index is -0.839. The molecule has 0 aliphatic carbocycles. The molecule has 4 nitrogen and oxygen atoms in total. The molecule has 4 heteroatoms. The van der Waals surface area contributed by atoms with E-state index in [1.54, 1.807) is 0 Å². The Morgan fingerprint density at radius 1 is 1.43 bits per heavy atom. The van der Waals surface area contributed by atoms with E-state index < -0.39 is 5.97 Å². The van der Waals surface area contributed by atoms with Gasteiger partial charge in [-0.15, -0.1) is 0 Å². The Labute approximate surface area is 86.1 Å². The van der Waals surface area contributed by atoms with Gasteiger partial charge in [-0.05, 0) is 19.5 Å². The highest BCUT2D eigenvalue weighted by Crippen LogP contribution is 2.25. The monoisotopic (exact) mass is 202 g/mol. The molecule has 0 amide bonds. The van der Waals surface area contributed by atoms with Crippen molar-refractivity contribution in [2.75, 3.05) is 14.1 Å². The Morgan fingerprint density at radius 3 is 2.07 bits per heavy atom. The third kappa shape index (κ3) is 4.07. The molecule has 0 heterocycles. The highest BCUT2D eigenvalue weighted by molar-refractivity contribution is 5.67. The zero-order valence-electron chi connectivity index (χ0n) is 9.74. The first-order valence-corrected chi connectivity index (χ1v) is 4.80. The fraction of sp³-hybridized carbons (Fsp3) is 0.900. The van der Waals surface area contributed by atoms with Gasteiger partial charge in [0, 0.05) is 12.1 Å². The molecule has 0 aromatic rings. The van der Waals surface area contributed by atoms with Crippen LogP contribution in [0.2, 0.25) is 0 Å². The number of carboxylic acid groups (broad SMARTS) is 1. The standard InChI is InChI=1S/C10H22N2O2/c1-10(2,3)9(12(4)5)7(11)6-8(13)14/h7,9H,6,11H2,1-5H3,(H,13,14). The van der Waals surface area contributed by atoms with Crippen LogP contribution in [0.4, 0.5) is 0 Å². The maximum Gasteiger partial charge on any atom is 0.304 e. The lowest BCUT2D eigenvalue weighted by Crippen LogP contribution is -2.52. The van der Waals surface area contributed by atoms with Crippen LogP contribution < -0.4 is 5.73 Å². The molecule has 84 valence electrons. The number of nitrogens with zero attached hydrogens (tertiary/aromatic N) is 1. The predicted octanol–water partition coefficient (Wildman–Crippen LogP) is 0.765. The van der Waals surface area contributed by atoms with Crippen LogP contribution in [0.25, 0.3) is 0 Å². The molecule has 0 bridgehead atoms. The zero-order chi connectivity index (χ0) is 11.5. The number of aliphatic carboxylic acids is 1. The number of carboxylic acids is 1. The van der Waals surface area contributed by atoms with Gasteiger partial charge < -0.3 is 15.7 Å². The second kappa shape index (κ2) is 4.75. The van der Waals surface area contributed by atoms with Crippen molar-refractivity contribution < 1.29 is 9.90 Å². The van der Waals surface area contributed by atoms with E-state index in [2.05, 4.69) is 20.8 Å². The van der Waals surface area contributed by atoms with E-state index in [4.69, 9.17) is 10.8 Å². The molecule has 0 aliphatic heterocycles.